The van der Waals surface area contributed by atoms with E-state index in [0.29, 0.717) is 26.3 Å². The molecule has 132 valence electrons. The Morgan fingerprint density at radius 3 is 2.80 bits per heavy atom. The quantitative estimate of drug-likeness (QED) is 0.850. The number of amides is 1. The van der Waals surface area contributed by atoms with Gasteiger partial charge in [-0.3, -0.25) is 4.79 Å². The first kappa shape index (κ1) is 15.9. The average Bonchev–Trinajstić information content (AvgIpc) is 3.08. The lowest BCUT2D eigenvalue weighted by Gasteiger charge is -2.30. The molecule has 1 aromatic heterocycles. The fourth-order valence-corrected chi connectivity index (χ4v) is 3.41. The first-order valence-corrected chi connectivity index (χ1v) is 8.76. The Balaban J connectivity index is 1.51. The van der Waals surface area contributed by atoms with Crippen LogP contribution in [0.5, 0.6) is 11.5 Å². The molecule has 1 aromatic carbocycles. The highest BCUT2D eigenvalue weighted by atomic mass is 16.6. The Labute approximate surface area is 146 Å². The van der Waals surface area contributed by atoms with Crippen molar-refractivity contribution < 1.29 is 14.3 Å². The summed E-state index contributed by atoms with van der Waals surface area (Å²) in [6.45, 7) is 7.07. The molecule has 0 N–H and O–H groups in total. The molecule has 2 aliphatic rings. The van der Waals surface area contributed by atoms with Crippen molar-refractivity contribution in [3.05, 3.63) is 35.4 Å². The summed E-state index contributed by atoms with van der Waals surface area (Å²) in [6.07, 6.45) is 0.856. The number of fused-ring (bicyclic) bond motifs is 2. The molecule has 2 aliphatic heterocycles. The lowest BCUT2D eigenvalue weighted by molar-refractivity contribution is -0.134. The van der Waals surface area contributed by atoms with Crippen LogP contribution in [0.2, 0.25) is 0 Å². The van der Waals surface area contributed by atoms with Gasteiger partial charge in [0.1, 0.15) is 19.0 Å². The van der Waals surface area contributed by atoms with Gasteiger partial charge in [-0.15, -0.1) is 10.2 Å². The summed E-state index contributed by atoms with van der Waals surface area (Å²) in [5.41, 5.74) is 0.940. The molecule has 0 saturated carbocycles. The highest BCUT2D eigenvalue weighted by Gasteiger charge is 2.28. The van der Waals surface area contributed by atoms with Gasteiger partial charge in [-0.2, -0.15) is 0 Å². The number of carbonyl (C=O) groups excluding carboxylic acids is 1. The highest BCUT2D eigenvalue weighted by molar-refractivity contribution is 5.83. The van der Waals surface area contributed by atoms with Gasteiger partial charge in [0.15, 0.2) is 17.3 Å². The maximum Gasteiger partial charge on any atom is 0.230 e. The molecular formula is C18H22N4O3. The van der Waals surface area contributed by atoms with Crippen molar-refractivity contribution in [2.45, 2.75) is 39.3 Å². The third-order valence-electron chi connectivity index (χ3n) is 4.89. The number of benzene rings is 1. The van der Waals surface area contributed by atoms with Gasteiger partial charge in [-0.1, -0.05) is 13.0 Å². The first-order chi connectivity index (χ1) is 12.2. The van der Waals surface area contributed by atoms with Crippen molar-refractivity contribution in [2.24, 2.45) is 0 Å². The molecule has 0 saturated heterocycles. The second-order valence-electron chi connectivity index (χ2n) is 6.42. The minimum absolute atomic E-state index is 0.101. The Bertz CT molecular complexity index is 802. The smallest absolute Gasteiger partial charge is 0.230 e. The Morgan fingerprint density at radius 2 is 2.00 bits per heavy atom. The van der Waals surface area contributed by atoms with E-state index in [9.17, 15) is 4.79 Å². The minimum atomic E-state index is -0.240. The second-order valence-corrected chi connectivity index (χ2v) is 6.42. The summed E-state index contributed by atoms with van der Waals surface area (Å²) < 4.78 is 13.3. The van der Waals surface area contributed by atoms with Gasteiger partial charge < -0.3 is 18.9 Å². The van der Waals surface area contributed by atoms with E-state index >= 15 is 0 Å². The van der Waals surface area contributed by atoms with E-state index in [-0.39, 0.29) is 11.8 Å². The van der Waals surface area contributed by atoms with Crippen LogP contribution in [0.25, 0.3) is 0 Å². The summed E-state index contributed by atoms with van der Waals surface area (Å²) in [6, 6.07) is 5.74. The zero-order chi connectivity index (χ0) is 17.4. The molecule has 1 amide bonds. The molecule has 0 unspecified atom stereocenters. The van der Waals surface area contributed by atoms with E-state index in [4.69, 9.17) is 9.47 Å². The van der Waals surface area contributed by atoms with Crippen LogP contribution < -0.4 is 9.47 Å². The van der Waals surface area contributed by atoms with Crippen molar-refractivity contribution in [3.8, 4) is 11.5 Å². The van der Waals surface area contributed by atoms with Gasteiger partial charge in [0.25, 0.3) is 0 Å². The van der Waals surface area contributed by atoms with E-state index < -0.39 is 0 Å². The van der Waals surface area contributed by atoms with Gasteiger partial charge in [0.2, 0.25) is 5.91 Å². The number of aromatic nitrogens is 3. The molecule has 2 aromatic rings. The van der Waals surface area contributed by atoms with Gasteiger partial charge in [-0.05, 0) is 24.6 Å². The SMILES string of the molecule is CCc1nnc2n1CCN(C(=O)[C@@H](C)c1ccc3c(c1)OCCO3)C2. The predicted octanol–water partition coefficient (Wildman–Crippen LogP) is 1.76. The first-order valence-electron chi connectivity index (χ1n) is 8.76. The lowest BCUT2D eigenvalue weighted by Crippen LogP contribution is -2.40. The molecule has 7 nitrogen and oxygen atoms in total. The third kappa shape index (κ3) is 2.83. The van der Waals surface area contributed by atoms with E-state index in [0.717, 1.165) is 41.7 Å². The van der Waals surface area contributed by atoms with Crippen LogP contribution in [0.3, 0.4) is 0 Å². The third-order valence-corrected chi connectivity index (χ3v) is 4.89. The molecule has 0 spiro atoms. The number of hydrogen-bond donors (Lipinski definition) is 0. The zero-order valence-electron chi connectivity index (χ0n) is 14.6. The fraction of sp³-hybridized carbons (Fsp3) is 0.500. The Hall–Kier alpha value is -2.57. The minimum Gasteiger partial charge on any atom is -0.486 e. The van der Waals surface area contributed by atoms with Crippen LogP contribution in [0.1, 0.15) is 37.0 Å². The highest BCUT2D eigenvalue weighted by Crippen LogP contribution is 2.33. The van der Waals surface area contributed by atoms with Crippen LogP contribution in [0.4, 0.5) is 0 Å². The van der Waals surface area contributed by atoms with Crippen LogP contribution in [-0.2, 0) is 24.3 Å². The van der Waals surface area contributed by atoms with Crippen molar-refractivity contribution in [2.75, 3.05) is 19.8 Å². The largest absolute Gasteiger partial charge is 0.486 e. The summed E-state index contributed by atoms with van der Waals surface area (Å²) in [4.78, 5) is 14.8. The standard InChI is InChI=1S/C18H22N4O3/c1-3-16-19-20-17-11-21(6-7-22(16)17)18(23)12(2)13-4-5-14-15(10-13)25-9-8-24-14/h4-5,10,12H,3,6-9,11H2,1-2H3/t12-/m0/s1. The lowest BCUT2D eigenvalue weighted by atomic mass is 9.98. The second kappa shape index (κ2) is 6.38. The number of carbonyl (C=O) groups is 1. The van der Waals surface area contributed by atoms with Gasteiger partial charge in [0.05, 0.1) is 12.5 Å². The van der Waals surface area contributed by atoms with Crippen molar-refractivity contribution in [1.82, 2.24) is 19.7 Å². The molecule has 7 heteroatoms. The van der Waals surface area contributed by atoms with Gasteiger partial charge in [-0.25, -0.2) is 0 Å². The van der Waals surface area contributed by atoms with Crippen LogP contribution in [-0.4, -0.2) is 45.3 Å². The summed E-state index contributed by atoms with van der Waals surface area (Å²) >= 11 is 0. The van der Waals surface area contributed by atoms with Crippen LogP contribution in [0.15, 0.2) is 18.2 Å². The summed E-state index contributed by atoms with van der Waals surface area (Å²) in [5.74, 6) is 3.18. The van der Waals surface area contributed by atoms with E-state index in [1.165, 1.54) is 0 Å². The maximum atomic E-state index is 12.9. The van der Waals surface area contributed by atoms with E-state index in [2.05, 4.69) is 21.7 Å². The molecule has 1 atom stereocenters. The number of aryl methyl sites for hydroxylation is 1. The molecule has 0 fully saturated rings. The molecule has 0 aliphatic carbocycles. The number of rotatable bonds is 3. The van der Waals surface area contributed by atoms with Crippen LogP contribution in [0, 0.1) is 0 Å². The molecule has 25 heavy (non-hydrogen) atoms. The Kier molecular flexibility index (Phi) is 4.07. The number of ether oxygens (including phenoxy) is 2. The number of hydrogen-bond acceptors (Lipinski definition) is 5. The fourth-order valence-electron chi connectivity index (χ4n) is 3.41. The zero-order valence-corrected chi connectivity index (χ0v) is 14.6. The van der Waals surface area contributed by atoms with Crippen LogP contribution >= 0.6 is 0 Å². The molecule has 0 bridgehead atoms. The molecule has 0 radical (unpaired) electrons. The van der Waals surface area contributed by atoms with Gasteiger partial charge in [0, 0.05) is 19.5 Å². The monoisotopic (exact) mass is 342 g/mol. The summed E-state index contributed by atoms with van der Waals surface area (Å²) in [5, 5.41) is 8.44. The number of nitrogens with zero attached hydrogens (tertiary/aromatic N) is 4. The maximum absolute atomic E-state index is 12.9. The average molecular weight is 342 g/mol. The molecule has 3 heterocycles. The normalized spacial score (nSPS) is 17.1. The van der Waals surface area contributed by atoms with Crippen molar-refractivity contribution in [3.63, 3.8) is 0 Å². The van der Waals surface area contributed by atoms with Crippen molar-refractivity contribution in [1.29, 1.82) is 0 Å². The molecular weight excluding hydrogens is 320 g/mol. The molecule has 4 rings (SSSR count). The Morgan fingerprint density at radius 1 is 1.20 bits per heavy atom. The van der Waals surface area contributed by atoms with Crippen molar-refractivity contribution >= 4 is 5.91 Å². The van der Waals surface area contributed by atoms with E-state index in [1.54, 1.807) is 0 Å². The summed E-state index contributed by atoms with van der Waals surface area (Å²) in [7, 11) is 0. The van der Waals surface area contributed by atoms with E-state index in [1.807, 2.05) is 30.0 Å². The van der Waals surface area contributed by atoms with Gasteiger partial charge >= 0.3 is 0 Å². The predicted molar refractivity (Wildman–Crippen MR) is 90.7 cm³/mol. The topological polar surface area (TPSA) is 69.5 Å².